The van der Waals surface area contributed by atoms with Crippen LogP contribution >= 0.6 is 0 Å². The molecule has 0 spiro atoms. The van der Waals surface area contributed by atoms with Crippen LogP contribution in [0.4, 0.5) is 0 Å². The minimum absolute atomic E-state index is 0.392. The van der Waals surface area contributed by atoms with Gasteiger partial charge in [-0.3, -0.25) is 0 Å². The van der Waals surface area contributed by atoms with Crippen molar-refractivity contribution in [3.63, 3.8) is 0 Å². The Balaban J connectivity index is 0.000000239. The van der Waals surface area contributed by atoms with Crippen LogP contribution in [0.15, 0.2) is 30.3 Å². The fraction of sp³-hybridized carbons (Fsp3) is 0.750. The van der Waals surface area contributed by atoms with Crippen LogP contribution in [-0.2, 0) is 20.6 Å². The van der Waals surface area contributed by atoms with E-state index in [0.717, 1.165) is 26.4 Å². The maximum Gasteiger partial charge on any atom is 0.104 e. The predicted octanol–water partition coefficient (Wildman–Crippen LogP) is 5.95. The van der Waals surface area contributed by atoms with Gasteiger partial charge < -0.3 is 14.2 Å². The first-order valence-corrected chi connectivity index (χ1v) is 11.2. The van der Waals surface area contributed by atoms with Crippen LogP contribution < -0.4 is 0 Å². The van der Waals surface area contributed by atoms with Gasteiger partial charge in [0.15, 0.2) is 0 Å². The molecule has 2 heterocycles. The van der Waals surface area contributed by atoms with Gasteiger partial charge in [-0.1, -0.05) is 95.0 Å². The number of epoxide rings is 2. The highest BCUT2D eigenvalue weighted by Gasteiger charge is 2.26. The molecule has 3 rings (SSSR count). The lowest BCUT2D eigenvalue weighted by molar-refractivity contribution is 0.102. The highest BCUT2D eigenvalue weighted by Crippen LogP contribution is 2.13. The molecule has 1 aromatic carbocycles. The molecule has 27 heavy (non-hydrogen) atoms. The van der Waals surface area contributed by atoms with Crippen molar-refractivity contribution in [1.82, 2.24) is 0 Å². The molecule has 2 aliphatic heterocycles. The quantitative estimate of drug-likeness (QED) is 0.280. The van der Waals surface area contributed by atoms with E-state index in [1.165, 1.54) is 76.2 Å². The maximum atomic E-state index is 5.23. The number of hydrogen-bond acceptors (Lipinski definition) is 3. The molecular weight excluding hydrogens is 336 g/mol. The third-order valence-electron chi connectivity index (χ3n) is 5.07. The molecule has 3 heteroatoms. The number of hydrogen-bond donors (Lipinski definition) is 0. The molecule has 0 aromatic heterocycles. The van der Waals surface area contributed by atoms with Crippen LogP contribution in [0.3, 0.4) is 0 Å². The molecule has 2 aliphatic rings. The minimum Gasteiger partial charge on any atom is -0.376 e. The van der Waals surface area contributed by atoms with Gasteiger partial charge in [-0.25, -0.2) is 0 Å². The molecule has 0 saturated carbocycles. The second-order valence-electron chi connectivity index (χ2n) is 7.87. The normalized spacial score (nSPS) is 20.0. The molecule has 2 unspecified atom stereocenters. The number of ether oxygens (including phenoxy) is 3. The Bertz CT molecular complexity index is 428. The average molecular weight is 377 g/mol. The Hall–Kier alpha value is -0.900. The zero-order chi connectivity index (χ0) is 19.0. The lowest BCUT2D eigenvalue weighted by Crippen LogP contribution is -2.06. The number of unbranched alkanes of at least 4 members (excludes halogenated alkanes) is 9. The monoisotopic (exact) mass is 376 g/mol. The molecule has 2 atom stereocenters. The molecule has 3 nitrogen and oxygen atoms in total. The minimum atomic E-state index is 0.392. The van der Waals surface area contributed by atoms with Crippen molar-refractivity contribution in [1.29, 1.82) is 0 Å². The lowest BCUT2D eigenvalue weighted by Gasteiger charge is -2.03. The van der Waals surface area contributed by atoms with E-state index in [1.54, 1.807) is 0 Å². The fourth-order valence-corrected chi connectivity index (χ4v) is 3.12. The van der Waals surface area contributed by atoms with Gasteiger partial charge in [0.2, 0.25) is 0 Å². The Morgan fingerprint density at radius 3 is 1.70 bits per heavy atom. The van der Waals surface area contributed by atoms with Gasteiger partial charge in [0.1, 0.15) is 12.2 Å². The first-order chi connectivity index (χ1) is 13.4. The Kier molecular flexibility index (Phi) is 12.5. The van der Waals surface area contributed by atoms with Crippen LogP contribution in [0, 0.1) is 0 Å². The number of benzene rings is 1. The second-order valence-corrected chi connectivity index (χ2v) is 7.87. The summed E-state index contributed by atoms with van der Waals surface area (Å²) in [7, 11) is 0. The van der Waals surface area contributed by atoms with Crippen molar-refractivity contribution in [3.05, 3.63) is 35.9 Å². The van der Waals surface area contributed by atoms with Gasteiger partial charge in [-0.15, -0.1) is 0 Å². The molecule has 0 bridgehead atoms. The summed E-state index contributed by atoms with van der Waals surface area (Å²) in [6.07, 6.45) is 16.3. The van der Waals surface area contributed by atoms with Gasteiger partial charge in [0.05, 0.1) is 26.4 Å². The Labute approximate surface area is 166 Å². The largest absolute Gasteiger partial charge is 0.376 e. The van der Waals surface area contributed by atoms with Crippen LogP contribution in [-0.4, -0.2) is 38.6 Å². The van der Waals surface area contributed by atoms with E-state index < -0.39 is 0 Å². The predicted molar refractivity (Wildman–Crippen MR) is 112 cm³/mol. The second kappa shape index (κ2) is 15.1. The van der Waals surface area contributed by atoms with Crippen molar-refractivity contribution < 1.29 is 14.2 Å². The van der Waals surface area contributed by atoms with Crippen LogP contribution in [0.25, 0.3) is 0 Å². The standard InChI is InChI=1S/C18H30.C6H10O3/c1-2-3-4-5-6-7-8-9-10-12-15-18-16-13-11-14-17-18;1(5-3-8-5)7-2-6-4-9-6/h11,13-14,16-17H,2-10,12,15H2,1H3;5-6H,1-4H2. The smallest absolute Gasteiger partial charge is 0.104 e. The molecule has 2 saturated heterocycles. The molecule has 0 radical (unpaired) electrons. The molecule has 154 valence electrons. The van der Waals surface area contributed by atoms with Crippen LogP contribution in [0.1, 0.15) is 76.7 Å². The van der Waals surface area contributed by atoms with Crippen LogP contribution in [0.5, 0.6) is 0 Å². The Morgan fingerprint density at radius 1 is 0.741 bits per heavy atom. The lowest BCUT2D eigenvalue weighted by atomic mass is 10.0. The van der Waals surface area contributed by atoms with Crippen molar-refractivity contribution in [3.8, 4) is 0 Å². The summed E-state index contributed by atoms with van der Waals surface area (Å²) in [4.78, 5) is 0. The maximum absolute atomic E-state index is 5.23. The van der Waals surface area contributed by atoms with Crippen molar-refractivity contribution in [2.45, 2.75) is 89.8 Å². The highest BCUT2D eigenvalue weighted by molar-refractivity contribution is 5.14. The third kappa shape index (κ3) is 13.8. The molecule has 1 aromatic rings. The molecule has 2 fully saturated rings. The average Bonchev–Trinajstić information content (AvgIpc) is 3.61. The first kappa shape index (κ1) is 22.4. The third-order valence-corrected chi connectivity index (χ3v) is 5.07. The van der Waals surface area contributed by atoms with E-state index in [2.05, 4.69) is 37.3 Å². The number of rotatable bonds is 15. The first-order valence-electron chi connectivity index (χ1n) is 11.2. The van der Waals surface area contributed by atoms with E-state index in [-0.39, 0.29) is 0 Å². The van der Waals surface area contributed by atoms with Gasteiger partial charge >= 0.3 is 0 Å². The summed E-state index contributed by atoms with van der Waals surface area (Å²) >= 11 is 0. The summed E-state index contributed by atoms with van der Waals surface area (Å²) < 4.78 is 15.1. The van der Waals surface area contributed by atoms with E-state index >= 15 is 0 Å². The van der Waals surface area contributed by atoms with E-state index in [0.29, 0.717) is 12.2 Å². The summed E-state index contributed by atoms with van der Waals surface area (Å²) in [5.41, 5.74) is 1.50. The van der Waals surface area contributed by atoms with E-state index in [9.17, 15) is 0 Å². The summed E-state index contributed by atoms with van der Waals surface area (Å²) in [5, 5.41) is 0. The molecule has 0 aliphatic carbocycles. The Morgan fingerprint density at radius 2 is 1.22 bits per heavy atom. The topological polar surface area (TPSA) is 34.3 Å². The van der Waals surface area contributed by atoms with Gasteiger partial charge in [0, 0.05) is 0 Å². The van der Waals surface area contributed by atoms with Gasteiger partial charge in [-0.2, -0.15) is 0 Å². The SMILES string of the molecule is C(OCC1CO1)C1CO1.CCCCCCCCCCCCc1ccccc1. The molecule has 0 N–H and O–H groups in total. The van der Waals surface area contributed by atoms with Crippen molar-refractivity contribution in [2.24, 2.45) is 0 Å². The van der Waals surface area contributed by atoms with Gasteiger partial charge in [-0.05, 0) is 18.4 Å². The zero-order valence-electron chi connectivity index (χ0n) is 17.4. The van der Waals surface area contributed by atoms with E-state index in [1.807, 2.05) is 0 Å². The fourth-order valence-electron chi connectivity index (χ4n) is 3.12. The van der Waals surface area contributed by atoms with Crippen molar-refractivity contribution in [2.75, 3.05) is 26.4 Å². The number of aryl methyl sites for hydroxylation is 1. The molecular formula is C24H40O3. The highest BCUT2D eigenvalue weighted by atomic mass is 16.6. The van der Waals surface area contributed by atoms with Crippen molar-refractivity contribution >= 4 is 0 Å². The summed E-state index contributed by atoms with van der Waals surface area (Å²) in [5.74, 6) is 0. The van der Waals surface area contributed by atoms with E-state index in [4.69, 9.17) is 14.2 Å². The molecule has 0 amide bonds. The van der Waals surface area contributed by atoms with Crippen LogP contribution in [0.2, 0.25) is 0 Å². The zero-order valence-corrected chi connectivity index (χ0v) is 17.4. The summed E-state index contributed by atoms with van der Waals surface area (Å²) in [6.45, 7) is 5.55. The van der Waals surface area contributed by atoms with Gasteiger partial charge in [0.25, 0.3) is 0 Å². The summed E-state index contributed by atoms with van der Waals surface area (Å²) in [6, 6.07) is 10.9.